The molecule has 0 aliphatic rings. The lowest BCUT2D eigenvalue weighted by atomic mass is 10.8. The number of carboxylic acids is 1. The van der Waals surface area contributed by atoms with Crippen LogP contribution in [-0.4, -0.2) is 34.0 Å². The average Bonchev–Trinajstić information content (AvgIpc) is 1.65. The van der Waals surface area contributed by atoms with E-state index in [4.69, 9.17) is 24.9 Å². The molecule has 6 nitrogen and oxygen atoms in total. The number of aliphatic hydroxyl groups is 1. The van der Waals surface area contributed by atoms with Crippen LogP contribution in [0.4, 0.5) is 4.79 Å². The van der Waals surface area contributed by atoms with Gasteiger partial charge >= 0.3 is 12.1 Å². The van der Waals surface area contributed by atoms with Crippen molar-refractivity contribution in [2.45, 2.75) is 0 Å². The highest BCUT2D eigenvalue weighted by Crippen LogP contribution is 1.48. The molecule has 0 bridgehead atoms. The summed E-state index contributed by atoms with van der Waals surface area (Å²) >= 11 is 0. The molecule has 0 spiro atoms. The number of rotatable bonds is 1. The number of nitrogens with two attached hydrogens (primary N) is 1. The minimum atomic E-state index is -1.33. The molecule has 6 heteroatoms. The quantitative estimate of drug-likeness (QED) is 0.357. The molecule has 0 fully saturated rings. The Hall–Kier alpha value is -1.30. The molecule has 0 aromatic rings. The highest BCUT2D eigenvalue weighted by molar-refractivity contribution is 5.67. The Morgan fingerprint density at radius 3 is 1.44 bits per heavy atom. The van der Waals surface area contributed by atoms with Crippen molar-refractivity contribution in [3.63, 3.8) is 0 Å². The summed E-state index contributed by atoms with van der Waals surface area (Å²) in [6, 6.07) is 0. The Labute approximate surface area is 50.5 Å². The minimum Gasteiger partial charge on any atom is -0.480 e. The maximum Gasteiger partial charge on any atom is 0.402 e. The molecule has 0 heterocycles. The van der Waals surface area contributed by atoms with Gasteiger partial charge in [0.15, 0.2) is 0 Å². The van der Waals surface area contributed by atoms with Crippen molar-refractivity contribution in [2.24, 2.45) is 5.73 Å². The zero-order chi connectivity index (χ0) is 7.86. The second-order valence-corrected chi connectivity index (χ2v) is 0.890. The van der Waals surface area contributed by atoms with Gasteiger partial charge in [0, 0.05) is 0 Å². The first-order valence-corrected chi connectivity index (χ1v) is 1.81. The first-order valence-electron chi connectivity index (χ1n) is 1.81. The van der Waals surface area contributed by atoms with E-state index in [0.29, 0.717) is 0 Å². The predicted octanol–water partition coefficient (Wildman–Crippen LogP) is -1.31. The Morgan fingerprint density at radius 1 is 1.33 bits per heavy atom. The Morgan fingerprint density at radius 2 is 1.44 bits per heavy atom. The zero-order valence-corrected chi connectivity index (χ0v) is 4.44. The van der Waals surface area contributed by atoms with Gasteiger partial charge in [-0.15, -0.1) is 0 Å². The van der Waals surface area contributed by atoms with E-state index in [0.717, 1.165) is 0 Å². The summed E-state index contributed by atoms with van der Waals surface area (Å²) in [4.78, 5) is 17.9. The fourth-order valence-corrected chi connectivity index (χ4v) is 0. The van der Waals surface area contributed by atoms with Crippen LogP contribution >= 0.6 is 0 Å². The largest absolute Gasteiger partial charge is 0.480 e. The highest BCUT2D eigenvalue weighted by Gasteiger charge is 1.82. The average molecular weight is 137 g/mol. The van der Waals surface area contributed by atoms with Crippen LogP contribution in [0.15, 0.2) is 0 Å². The molecule has 0 unspecified atom stereocenters. The molecule has 0 saturated heterocycles. The first kappa shape index (κ1) is 10.6. The van der Waals surface area contributed by atoms with E-state index in [1.54, 1.807) is 0 Å². The van der Waals surface area contributed by atoms with E-state index < -0.39 is 18.7 Å². The summed E-state index contributed by atoms with van der Waals surface area (Å²) in [6.07, 6.45) is -1.33. The number of aliphatic hydroxyl groups excluding tert-OH is 1. The summed E-state index contributed by atoms with van der Waals surface area (Å²) in [5, 5.41) is 22.2. The third kappa shape index (κ3) is 302. The number of hydrogen-bond donors (Lipinski definition) is 4. The molecule has 9 heavy (non-hydrogen) atoms. The van der Waals surface area contributed by atoms with E-state index >= 15 is 0 Å². The van der Waals surface area contributed by atoms with Crippen LogP contribution < -0.4 is 5.73 Å². The Balaban J connectivity index is 0. The number of amides is 1. The molecule has 54 valence electrons. The molecule has 1 amide bonds. The lowest BCUT2D eigenvalue weighted by Gasteiger charge is -1.72. The molecule has 0 aromatic heterocycles. The van der Waals surface area contributed by atoms with Crippen LogP contribution in [0.1, 0.15) is 0 Å². The number of hydrogen-bond acceptors (Lipinski definition) is 3. The van der Waals surface area contributed by atoms with Crippen LogP contribution in [0.5, 0.6) is 0 Å². The van der Waals surface area contributed by atoms with Crippen molar-refractivity contribution in [1.82, 2.24) is 0 Å². The van der Waals surface area contributed by atoms with E-state index in [-0.39, 0.29) is 0 Å². The van der Waals surface area contributed by atoms with E-state index in [9.17, 15) is 0 Å². The van der Waals surface area contributed by atoms with Gasteiger partial charge in [-0.2, -0.15) is 0 Å². The van der Waals surface area contributed by atoms with E-state index in [1.165, 1.54) is 0 Å². The van der Waals surface area contributed by atoms with Crippen molar-refractivity contribution in [3.05, 3.63) is 0 Å². The molecule has 0 radical (unpaired) electrons. The van der Waals surface area contributed by atoms with Crippen LogP contribution in [0.3, 0.4) is 0 Å². The Kier molecular flexibility index (Phi) is 7.92. The smallest absolute Gasteiger partial charge is 0.402 e. The van der Waals surface area contributed by atoms with Gasteiger partial charge in [-0.3, -0.25) is 0 Å². The number of carbonyl (C=O) groups is 2. The Bertz CT molecular complexity index is 96.4. The molecular formula is C3H7NO5. The fourth-order valence-electron chi connectivity index (χ4n) is 0. The standard InChI is InChI=1S/C2H4O3.CH3NO2/c3-1-2(4)5;2-1(3)4/h3H,1H2,(H,4,5);2H2,(H,3,4). The molecule has 0 aliphatic heterocycles. The maximum atomic E-state index is 9.12. The summed E-state index contributed by atoms with van der Waals surface area (Å²) in [7, 11) is 0. The summed E-state index contributed by atoms with van der Waals surface area (Å²) in [5.41, 5.74) is 4.03. The van der Waals surface area contributed by atoms with Gasteiger partial charge in [-0.1, -0.05) is 0 Å². The molecule has 0 atom stereocenters. The molecular weight excluding hydrogens is 130 g/mol. The number of aliphatic carboxylic acids is 1. The van der Waals surface area contributed by atoms with E-state index in [2.05, 4.69) is 5.73 Å². The number of carboxylic acid groups (broad SMARTS) is 2. The lowest BCUT2D eigenvalue weighted by Crippen LogP contribution is -2.03. The van der Waals surface area contributed by atoms with Crippen LogP contribution in [0, 0.1) is 0 Å². The normalized spacial score (nSPS) is 6.78. The van der Waals surface area contributed by atoms with Gasteiger partial charge in [-0.25, -0.2) is 9.59 Å². The lowest BCUT2D eigenvalue weighted by molar-refractivity contribution is -0.140. The SMILES string of the molecule is NC(=O)O.O=C(O)CO. The molecule has 0 saturated carbocycles. The minimum absolute atomic E-state index is 0.778. The van der Waals surface area contributed by atoms with Gasteiger partial charge < -0.3 is 21.1 Å². The van der Waals surface area contributed by atoms with Crippen molar-refractivity contribution in [1.29, 1.82) is 0 Å². The zero-order valence-electron chi connectivity index (χ0n) is 4.44. The van der Waals surface area contributed by atoms with Crippen LogP contribution in [-0.2, 0) is 4.79 Å². The predicted molar refractivity (Wildman–Crippen MR) is 26.9 cm³/mol. The van der Waals surface area contributed by atoms with Crippen molar-refractivity contribution in [2.75, 3.05) is 6.61 Å². The molecule has 0 aliphatic carbocycles. The topological polar surface area (TPSA) is 121 Å². The maximum absolute atomic E-state index is 9.12. The summed E-state index contributed by atoms with van der Waals surface area (Å²) < 4.78 is 0. The van der Waals surface area contributed by atoms with Crippen molar-refractivity contribution >= 4 is 12.1 Å². The molecule has 5 N–H and O–H groups in total. The summed E-state index contributed by atoms with van der Waals surface area (Å²) in [5.74, 6) is -1.19. The second-order valence-electron chi connectivity index (χ2n) is 0.890. The van der Waals surface area contributed by atoms with Gasteiger partial charge in [-0.05, 0) is 0 Å². The fraction of sp³-hybridized carbons (Fsp3) is 0.333. The van der Waals surface area contributed by atoms with Crippen LogP contribution in [0.25, 0.3) is 0 Å². The summed E-state index contributed by atoms with van der Waals surface area (Å²) in [6.45, 7) is -0.778. The van der Waals surface area contributed by atoms with E-state index in [1.807, 2.05) is 0 Å². The first-order chi connectivity index (χ1) is 4.00. The van der Waals surface area contributed by atoms with Gasteiger partial charge in [0.25, 0.3) is 0 Å². The second kappa shape index (κ2) is 6.70. The number of primary amides is 1. The van der Waals surface area contributed by atoms with Crippen molar-refractivity contribution in [3.8, 4) is 0 Å². The third-order valence-corrected chi connectivity index (χ3v) is 0.135. The van der Waals surface area contributed by atoms with Gasteiger partial charge in [0.2, 0.25) is 0 Å². The molecule has 0 aromatic carbocycles. The van der Waals surface area contributed by atoms with Gasteiger partial charge in [0.05, 0.1) is 0 Å². The van der Waals surface area contributed by atoms with Crippen molar-refractivity contribution < 1.29 is 24.9 Å². The molecule has 0 rings (SSSR count). The monoisotopic (exact) mass is 137 g/mol. The van der Waals surface area contributed by atoms with Gasteiger partial charge in [0.1, 0.15) is 6.61 Å². The third-order valence-electron chi connectivity index (χ3n) is 0.135. The van der Waals surface area contributed by atoms with Crippen LogP contribution in [0.2, 0.25) is 0 Å². The highest BCUT2D eigenvalue weighted by atomic mass is 16.4.